The van der Waals surface area contributed by atoms with Gasteiger partial charge in [0.05, 0.1) is 12.6 Å². The second-order valence-corrected chi connectivity index (χ2v) is 7.20. The van der Waals surface area contributed by atoms with Crippen LogP contribution >= 0.6 is 0 Å². The van der Waals surface area contributed by atoms with Crippen LogP contribution in [0.3, 0.4) is 0 Å². The van der Waals surface area contributed by atoms with Gasteiger partial charge in [-0.1, -0.05) is 0 Å². The third kappa shape index (κ3) is 1.67. The number of aromatic nitrogens is 4. The molecule has 0 radical (unpaired) electrons. The second kappa shape index (κ2) is 4.01. The summed E-state index contributed by atoms with van der Waals surface area (Å²) in [6.07, 6.45) is 8.57. The van der Waals surface area contributed by atoms with Crippen molar-refractivity contribution in [3.63, 3.8) is 0 Å². The molecule has 1 aromatic heterocycles. The third-order valence-electron chi connectivity index (χ3n) is 6.08. The average Bonchev–Trinajstić information content (AvgIpc) is 2.84. The molecule has 1 aromatic rings. The van der Waals surface area contributed by atoms with Gasteiger partial charge >= 0.3 is 0 Å². The Morgan fingerprint density at radius 2 is 1.79 bits per heavy atom. The maximum absolute atomic E-state index is 5.76. The van der Waals surface area contributed by atoms with Crippen LogP contribution in [0, 0.1) is 23.2 Å². The van der Waals surface area contributed by atoms with Gasteiger partial charge in [0, 0.05) is 0 Å². The monoisotopic (exact) mass is 261 g/mol. The minimum absolute atomic E-state index is 0.398. The summed E-state index contributed by atoms with van der Waals surface area (Å²) in [5.74, 6) is 3.73. The number of nitrogens with zero attached hydrogens (tertiary/aromatic N) is 4. The van der Waals surface area contributed by atoms with E-state index in [1.165, 1.54) is 38.5 Å². The van der Waals surface area contributed by atoms with E-state index in [0.29, 0.717) is 18.0 Å². The third-order valence-corrected chi connectivity index (χ3v) is 6.08. The quantitative estimate of drug-likeness (QED) is 0.902. The summed E-state index contributed by atoms with van der Waals surface area (Å²) in [6, 6.07) is 0.398. The number of hydrogen-bond donors (Lipinski definition) is 1. The molecule has 104 valence electrons. The maximum Gasteiger partial charge on any atom is 0.165 e. The maximum atomic E-state index is 5.76. The van der Waals surface area contributed by atoms with Crippen molar-refractivity contribution in [2.24, 2.45) is 28.9 Å². The highest BCUT2D eigenvalue weighted by atomic mass is 15.6. The molecule has 5 heteroatoms. The van der Waals surface area contributed by atoms with Crippen LogP contribution in [-0.2, 0) is 6.54 Å². The highest BCUT2D eigenvalue weighted by molar-refractivity contribution is 5.05. The molecule has 1 unspecified atom stereocenters. The molecule has 2 N–H and O–H groups in total. The van der Waals surface area contributed by atoms with Crippen LogP contribution in [0.5, 0.6) is 0 Å². The molecule has 5 rings (SSSR count). The Bertz CT molecular complexity index is 445. The van der Waals surface area contributed by atoms with Crippen molar-refractivity contribution >= 4 is 0 Å². The summed E-state index contributed by atoms with van der Waals surface area (Å²) >= 11 is 0. The fraction of sp³-hybridized carbons (Fsp3) is 0.929. The van der Waals surface area contributed by atoms with E-state index in [1.807, 2.05) is 4.68 Å². The van der Waals surface area contributed by atoms with Gasteiger partial charge in [-0.05, 0) is 79.0 Å². The van der Waals surface area contributed by atoms with Gasteiger partial charge in [-0.2, -0.15) is 0 Å². The van der Waals surface area contributed by atoms with Gasteiger partial charge in [0.2, 0.25) is 0 Å². The molecule has 19 heavy (non-hydrogen) atoms. The summed E-state index contributed by atoms with van der Waals surface area (Å²) in [6.45, 7) is 2.74. The lowest BCUT2D eigenvalue weighted by Gasteiger charge is -2.58. The van der Waals surface area contributed by atoms with Crippen LogP contribution < -0.4 is 5.73 Å². The first kappa shape index (κ1) is 11.8. The Labute approximate surface area is 113 Å². The van der Waals surface area contributed by atoms with Crippen LogP contribution in [-0.4, -0.2) is 20.2 Å². The minimum atomic E-state index is 0.398. The standard InChI is InChI=1S/C14H23N5/c1-9(19-13(8-15)16-17-18-19)14-5-10-2-11(6-14)4-12(3-10)7-14/h9-12H,2-8,15H2,1H3. The van der Waals surface area contributed by atoms with E-state index in [0.717, 1.165) is 23.6 Å². The van der Waals surface area contributed by atoms with Gasteiger partial charge in [-0.15, -0.1) is 5.10 Å². The van der Waals surface area contributed by atoms with Crippen molar-refractivity contribution in [1.82, 2.24) is 20.2 Å². The predicted octanol–water partition coefficient (Wildman–Crippen LogP) is 1.91. The van der Waals surface area contributed by atoms with E-state index in [9.17, 15) is 0 Å². The molecule has 4 aliphatic rings. The molecule has 0 aromatic carbocycles. The van der Waals surface area contributed by atoms with Crippen molar-refractivity contribution < 1.29 is 0 Å². The molecule has 0 spiro atoms. The van der Waals surface area contributed by atoms with Crippen LogP contribution in [0.4, 0.5) is 0 Å². The molecular formula is C14H23N5. The Morgan fingerprint density at radius 3 is 2.32 bits per heavy atom. The Balaban J connectivity index is 1.68. The molecule has 0 aliphatic heterocycles. The molecule has 0 saturated heterocycles. The van der Waals surface area contributed by atoms with Gasteiger partial charge in [0.25, 0.3) is 0 Å². The second-order valence-electron chi connectivity index (χ2n) is 7.20. The van der Waals surface area contributed by atoms with Crippen molar-refractivity contribution in [3.8, 4) is 0 Å². The first-order valence-corrected chi connectivity index (χ1v) is 7.67. The van der Waals surface area contributed by atoms with Gasteiger partial charge < -0.3 is 5.73 Å². The molecule has 4 saturated carbocycles. The van der Waals surface area contributed by atoms with Gasteiger partial charge in [-0.3, -0.25) is 0 Å². The van der Waals surface area contributed by atoms with Crippen molar-refractivity contribution in [2.45, 2.75) is 58.0 Å². The zero-order valence-electron chi connectivity index (χ0n) is 11.6. The van der Waals surface area contributed by atoms with E-state index < -0.39 is 0 Å². The number of nitrogens with two attached hydrogens (primary N) is 1. The van der Waals surface area contributed by atoms with Crippen LogP contribution in [0.25, 0.3) is 0 Å². The normalized spacial score (nSPS) is 41.7. The smallest absolute Gasteiger partial charge is 0.165 e. The Morgan fingerprint density at radius 1 is 1.21 bits per heavy atom. The fourth-order valence-electron chi connectivity index (χ4n) is 5.60. The number of hydrogen-bond acceptors (Lipinski definition) is 4. The molecule has 4 fully saturated rings. The SMILES string of the molecule is CC(n1nnnc1CN)C12CC3CC(CC(C3)C1)C2. The molecule has 1 atom stereocenters. The lowest BCUT2D eigenvalue weighted by atomic mass is 9.48. The van der Waals surface area contributed by atoms with Crippen molar-refractivity contribution in [1.29, 1.82) is 0 Å². The fourth-order valence-corrected chi connectivity index (χ4v) is 5.60. The minimum Gasteiger partial charge on any atom is -0.324 e. The summed E-state index contributed by atoms with van der Waals surface area (Å²) in [5.41, 5.74) is 6.20. The summed E-state index contributed by atoms with van der Waals surface area (Å²) in [5, 5.41) is 12.1. The summed E-state index contributed by atoms with van der Waals surface area (Å²) < 4.78 is 2.01. The van der Waals surface area contributed by atoms with E-state index in [-0.39, 0.29) is 0 Å². The van der Waals surface area contributed by atoms with E-state index in [2.05, 4.69) is 22.4 Å². The molecule has 0 amide bonds. The first-order chi connectivity index (χ1) is 9.20. The van der Waals surface area contributed by atoms with Crippen molar-refractivity contribution in [3.05, 3.63) is 5.82 Å². The highest BCUT2D eigenvalue weighted by Gasteiger charge is 2.54. The predicted molar refractivity (Wildman–Crippen MR) is 71.0 cm³/mol. The largest absolute Gasteiger partial charge is 0.324 e. The van der Waals surface area contributed by atoms with Gasteiger partial charge in [0.15, 0.2) is 5.82 Å². The van der Waals surface area contributed by atoms with Crippen LogP contribution in [0.1, 0.15) is 57.3 Å². The first-order valence-electron chi connectivity index (χ1n) is 7.67. The topological polar surface area (TPSA) is 69.6 Å². The van der Waals surface area contributed by atoms with Crippen LogP contribution in [0.2, 0.25) is 0 Å². The summed E-state index contributed by atoms with van der Waals surface area (Å²) in [4.78, 5) is 0. The van der Waals surface area contributed by atoms with Crippen LogP contribution in [0.15, 0.2) is 0 Å². The molecular weight excluding hydrogens is 238 g/mol. The zero-order valence-corrected chi connectivity index (χ0v) is 11.6. The Kier molecular flexibility index (Phi) is 2.50. The summed E-state index contributed by atoms with van der Waals surface area (Å²) in [7, 11) is 0. The molecule has 4 aliphatic carbocycles. The molecule has 1 heterocycles. The van der Waals surface area contributed by atoms with E-state index in [4.69, 9.17) is 5.73 Å². The average molecular weight is 261 g/mol. The highest BCUT2D eigenvalue weighted by Crippen LogP contribution is 2.63. The molecule has 5 nitrogen and oxygen atoms in total. The van der Waals surface area contributed by atoms with E-state index >= 15 is 0 Å². The lowest BCUT2D eigenvalue weighted by molar-refractivity contribution is -0.0818. The van der Waals surface area contributed by atoms with Gasteiger partial charge in [-0.25, -0.2) is 4.68 Å². The zero-order chi connectivity index (χ0) is 13.0. The molecule has 4 bridgehead atoms. The Hall–Kier alpha value is -0.970. The lowest BCUT2D eigenvalue weighted by Crippen LogP contribution is -2.49. The van der Waals surface area contributed by atoms with Crippen molar-refractivity contribution in [2.75, 3.05) is 0 Å². The van der Waals surface area contributed by atoms with E-state index in [1.54, 1.807) is 0 Å². The number of rotatable bonds is 3. The number of tetrazole rings is 1. The van der Waals surface area contributed by atoms with Gasteiger partial charge in [0.1, 0.15) is 0 Å².